The Morgan fingerprint density at radius 3 is 2.71 bits per heavy atom. The first-order valence-corrected chi connectivity index (χ1v) is 7.96. The van der Waals surface area contributed by atoms with Gasteiger partial charge in [-0.05, 0) is 38.5 Å². The number of nitrogens with one attached hydrogen (secondary N) is 2. The number of guanidine groups is 1. The van der Waals surface area contributed by atoms with Gasteiger partial charge in [0.05, 0.1) is 6.04 Å². The summed E-state index contributed by atoms with van der Waals surface area (Å²) in [6.07, 6.45) is -0.303. The number of hydrogen-bond donors (Lipinski definition) is 2. The highest BCUT2D eigenvalue weighted by Crippen LogP contribution is 2.15. The Morgan fingerprint density at radius 2 is 2.12 bits per heavy atom. The predicted molar refractivity (Wildman–Crippen MR) is 91.3 cm³/mol. The Bertz CT molecular complexity index is 607. The third-order valence-electron chi connectivity index (χ3n) is 3.45. The first-order valence-electron chi connectivity index (χ1n) is 7.96. The molecule has 2 rings (SSSR count). The summed E-state index contributed by atoms with van der Waals surface area (Å²) in [5, 5.41) is 6.36. The van der Waals surface area contributed by atoms with Crippen molar-refractivity contribution in [2.45, 2.75) is 39.0 Å². The maximum Gasteiger partial charge on any atom is 0.410 e. The summed E-state index contributed by atoms with van der Waals surface area (Å²) in [7, 11) is 1.67. The van der Waals surface area contributed by atoms with E-state index in [0.29, 0.717) is 25.6 Å². The van der Waals surface area contributed by atoms with E-state index in [0.717, 1.165) is 5.56 Å². The van der Waals surface area contributed by atoms with Gasteiger partial charge in [-0.2, -0.15) is 0 Å². The second-order valence-electron chi connectivity index (χ2n) is 6.78. The van der Waals surface area contributed by atoms with Crippen molar-refractivity contribution in [1.29, 1.82) is 0 Å². The van der Waals surface area contributed by atoms with E-state index in [1.165, 1.54) is 12.1 Å². The molecule has 7 heteroatoms. The molecule has 1 aliphatic heterocycles. The van der Waals surface area contributed by atoms with Crippen LogP contribution in [0, 0.1) is 5.82 Å². The zero-order valence-corrected chi connectivity index (χ0v) is 14.6. The molecule has 1 aromatic carbocycles. The van der Waals surface area contributed by atoms with Gasteiger partial charge in [0.2, 0.25) is 0 Å². The minimum absolute atomic E-state index is 0.122. The van der Waals surface area contributed by atoms with Crippen LogP contribution < -0.4 is 10.6 Å². The fourth-order valence-corrected chi connectivity index (χ4v) is 2.27. The van der Waals surface area contributed by atoms with Crippen LogP contribution in [0.3, 0.4) is 0 Å². The molecule has 0 aromatic heterocycles. The second kappa shape index (κ2) is 7.51. The number of rotatable bonds is 3. The number of aliphatic imine (C=N–C) groups is 1. The van der Waals surface area contributed by atoms with Gasteiger partial charge < -0.3 is 20.3 Å². The van der Waals surface area contributed by atoms with E-state index in [4.69, 9.17) is 4.74 Å². The van der Waals surface area contributed by atoms with Crippen LogP contribution in [0.15, 0.2) is 29.3 Å². The molecule has 0 spiro atoms. The Labute approximate surface area is 142 Å². The monoisotopic (exact) mass is 336 g/mol. The number of nitrogens with zero attached hydrogens (tertiary/aromatic N) is 2. The van der Waals surface area contributed by atoms with Gasteiger partial charge >= 0.3 is 6.09 Å². The lowest BCUT2D eigenvalue weighted by Gasteiger charge is -2.40. The molecule has 0 atom stereocenters. The Morgan fingerprint density at radius 1 is 1.42 bits per heavy atom. The molecule has 0 saturated carbocycles. The Balaban J connectivity index is 1.74. The number of carbonyl (C=O) groups is 1. The van der Waals surface area contributed by atoms with Gasteiger partial charge in [0.25, 0.3) is 0 Å². The number of halogens is 1. The fourth-order valence-electron chi connectivity index (χ4n) is 2.27. The van der Waals surface area contributed by atoms with Gasteiger partial charge in [0.1, 0.15) is 11.4 Å². The summed E-state index contributed by atoms with van der Waals surface area (Å²) < 4.78 is 18.5. The largest absolute Gasteiger partial charge is 0.444 e. The maximum absolute atomic E-state index is 13.2. The minimum Gasteiger partial charge on any atom is -0.444 e. The fraction of sp³-hybridized carbons (Fsp3) is 0.529. The van der Waals surface area contributed by atoms with Crippen LogP contribution in [0.1, 0.15) is 26.3 Å². The average Bonchev–Trinajstić information content (AvgIpc) is 2.43. The number of carbonyl (C=O) groups excluding carboxylic acids is 1. The van der Waals surface area contributed by atoms with Crippen LogP contribution in [0.2, 0.25) is 0 Å². The summed E-state index contributed by atoms with van der Waals surface area (Å²) in [5.74, 6) is 0.359. The summed E-state index contributed by atoms with van der Waals surface area (Å²) in [5.41, 5.74) is 0.347. The number of ether oxygens (including phenoxy) is 1. The Hall–Kier alpha value is -2.31. The predicted octanol–water partition coefficient (Wildman–Crippen LogP) is 2.11. The van der Waals surface area contributed by atoms with Crippen molar-refractivity contribution >= 4 is 12.1 Å². The average molecular weight is 336 g/mol. The van der Waals surface area contributed by atoms with Crippen LogP contribution in [0.4, 0.5) is 9.18 Å². The molecule has 24 heavy (non-hydrogen) atoms. The third-order valence-corrected chi connectivity index (χ3v) is 3.45. The summed E-state index contributed by atoms with van der Waals surface area (Å²) in [6, 6.07) is 6.53. The van der Waals surface area contributed by atoms with E-state index in [-0.39, 0.29) is 18.0 Å². The van der Waals surface area contributed by atoms with Crippen LogP contribution >= 0.6 is 0 Å². The topological polar surface area (TPSA) is 66.0 Å². The second-order valence-corrected chi connectivity index (χ2v) is 6.78. The quantitative estimate of drug-likeness (QED) is 0.655. The lowest BCUT2D eigenvalue weighted by atomic mass is 10.1. The number of benzene rings is 1. The van der Waals surface area contributed by atoms with E-state index in [1.807, 2.05) is 26.8 Å². The maximum atomic E-state index is 13.2. The lowest BCUT2D eigenvalue weighted by Crippen LogP contribution is -2.63. The van der Waals surface area contributed by atoms with Crippen LogP contribution in [0.5, 0.6) is 0 Å². The molecule has 0 radical (unpaired) electrons. The van der Waals surface area contributed by atoms with Crippen molar-refractivity contribution in [2.24, 2.45) is 4.99 Å². The molecule has 0 bridgehead atoms. The van der Waals surface area contributed by atoms with Gasteiger partial charge in [-0.3, -0.25) is 4.99 Å². The number of amides is 1. The summed E-state index contributed by atoms with van der Waals surface area (Å²) >= 11 is 0. The molecule has 1 heterocycles. The van der Waals surface area contributed by atoms with Crippen molar-refractivity contribution < 1.29 is 13.9 Å². The third kappa shape index (κ3) is 5.40. The highest BCUT2D eigenvalue weighted by atomic mass is 19.1. The summed E-state index contributed by atoms with van der Waals surface area (Å²) in [6.45, 7) is 7.14. The SMILES string of the molecule is CN=C(NCc1cccc(F)c1)NC1CN(C(=O)OC(C)(C)C)C1. The molecule has 6 nitrogen and oxygen atoms in total. The molecule has 0 aliphatic carbocycles. The van der Waals surface area contributed by atoms with Crippen molar-refractivity contribution in [3.63, 3.8) is 0 Å². The zero-order valence-electron chi connectivity index (χ0n) is 14.6. The molecule has 1 aliphatic rings. The van der Waals surface area contributed by atoms with Crippen LogP contribution in [-0.2, 0) is 11.3 Å². The number of likely N-dealkylation sites (tertiary alicyclic amines) is 1. The molecule has 1 amide bonds. The van der Waals surface area contributed by atoms with E-state index in [1.54, 1.807) is 18.0 Å². The first-order chi connectivity index (χ1) is 11.3. The molecule has 1 fully saturated rings. The highest BCUT2D eigenvalue weighted by Gasteiger charge is 2.34. The van der Waals surface area contributed by atoms with E-state index in [9.17, 15) is 9.18 Å². The van der Waals surface area contributed by atoms with Crippen LogP contribution in [0.25, 0.3) is 0 Å². The Kier molecular flexibility index (Phi) is 5.64. The first kappa shape index (κ1) is 18.0. The van der Waals surface area contributed by atoms with Gasteiger partial charge in [-0.25, -0.2) is 9.18 Å². The zero-order chi connectivity index (χ0) is 17.7. The lowest BCUT2D eigenvalue weighted by molar-refractivity contribution is 0.00701. The van der Waals surface area contributed by atoms with Gasteiger partial charge in [0, 0.05) is 26.7 Å². The van der Waals surface area contributed by atoms with E-state index < -0.39 is 5.60 Å². The van der Waals surface area contributed by atoms with Crippen molar-refractivity contribution in [1.82, 2.24) is 15.5 Å². The normalized spacial score (nSPS) is 15.7. The number of hydrogen-bond acceptors (Lipinski definition) is 3. The standard InChI is InChI=1S/C17H25FN4O2/c1-17(2,3)24-16(23)22-10-14(11-22)21-15(19-4)20-9-12-6-5-7-13(18)8-12/h5-8,14H,9-11H2,1-4H3,(H2,19,20,21). The molecule has 2 N–H and O–H groups in total. The van der Waals surface area contributed by atoms with Gasteiger partial charge in [-0.15, -0.1) is 0 Å². The molecule has 1 aromatic rings. The van der Waals surface area contributed by atoms with Gasteiger partial charge in [-0.1, -0.05) is 12.1 Å². The van der Waals surface area contributed by atoms with Gasteiger partial charge in [0.15, 0.2) is 5.96 Å². The molecule has 0 unspecified atom stereocenters. The highest BCUT2D eigenvalue weighted by molar-refractivity contribution is 5.80. The van der Waals surface area contributed by atoms with E-state index >= 15 is 0 Å². The van der Waals surface area contributed by atoms with Crippen molar-refractivity contribution in [2.75, 3.05) is 20.1 Å². The van der Waals surface area contributed by atoms with E-state index in [2.05, 4.69) is 15.6 Å². The van der Waals surface area contributed by atoms with Crippen molar-refractivity contribution in [3.05, 3.63) is 35.6 Å². The molecule has 132 valence electrons. The molecular weight excluding hydrogens is 311 g/mol. The molecule has 1 saturated heterocycles. The smallest absolute Gasteiger partial charge is 0.410 e. The summed E-state index contributed by atoms with van der Waals surface area (Å²) in [4.78, 5) is 17.7. The molecular formula is C17H25FN4O2. The minimum atomic E-state index is -0.488. The van der Waals surface area contributed by atoms with Crippen LogP contribution in [-0.4, -0.2) is 48.7 Å². The van der Waals surface area contributed by atoms with Crippen molar-refractivity contribution in [3.8, 4) is 0 Å².